The molecule has 0 unspecified atom stereocenters. The van der Waals surface area contributed by atoms with E-state index in [2.05, 4.69) is 21.2 Å². The molecule has 1 N–H and O–H groups in total. The van der Waals surface area contributed by atoms with Crippen LogP contribution in [0.25, 0.3) is 0 Å². The molecule has 7 heteroatoms. The van der Waals surface area contributed by atoms with Crippen LogP contribution in [0.1, 0.15) is 52.9 Å². The SMILES string of the molecule is CCOC(=O)C(CCCCCCBr)(NC(C)=O)C(=O)OCC. The minimum atomic E-state index is -1.74. The van der Waals surface area contributed by atoms with Gasteiger partial charge in [0.15, 0.2) is 0 Å². The Morgan fingerprint density at radius 3 is 1.86 bits per heavy atom. The fourth-order valence-corrected chi connectivity index (χ4v) is 2.50. The number of nitrogens with one attached hydrogen (secondary N) is 1. The zero-order chi connectivity index (χ0) is 17.0. The smallest absolute Gasteiger partial charge is 0.343 e. The third kappa shape index (κ3) is 6.77. The number of rotatable bonds is 11. The van der Waals surface area contributed by atoms with E-state index in [9.17, 15) is 14.4 Å². The Hall–Kier alpha value is -1.11. The number of amides is 1. The van der Waals surface area contributed by atoms with Crippen molar-refractivity contribution in [3.05, 3.63) is 0 Å². The lowest BCUT2D eigenvalue weighted by Gasteiger charge is -2.29. The van der Waals surface area contributed by atoms with Gasteiger partial charge in [0.05, 0.1) is 13.2 Å². The molecule has 1 amide bonds. The zero-order valence-electron chi connectivity index (χ0n) is 13.6. The predicted octanol–water partition coefficient (Wildman–Crippen LogP) is 2.33. The highest BCUT2D eigenvalue weighted by atomic mass is 79.9. The summed E-state index contributed by atoms with van der Waals surface area (Å²) in [6, 6.07) is 0. The van der Waals surface area contributed by atoms with Crippen LogP contribution in [0.3, 0.4) is 0 Å². The minimum Gasteiger partial charge on any atom is -0.464 e. The molecule has 0 aliphatic carbocycles. The molecule has 0 fully saturated rings. The van der Waals surface area contributed by atoms with E-state index < -0.39 is 23.4 Å². The summed E-state index contributed by atoms with van der Waals surface area (Å²) in [5.74, 6) is -1.99. The molecule has 0 spiro atoms. The standard InChI is InChI=1S/C15H26BrNO5/c1-4-21-13(19)15(17-12(3)18,14(20)22-5-2)10-8-6-7-9-11-16/h4-11H2,1-3H3,(H,17,18). The Balaban J connectivity index is 5.13. The van der Waals surface area contributed by atoms with E-state index in [1.165, 1.54) is 6.92 Å². The maximum Gasteiger partial charge on any atom is 0.343 e. The number of hydrogen-bond donors (Lipinski definition) is 1. The maximum absolute atomic E-state index is 12.3. The monoisotopic (exact) mass is 379 g/mol. The molecule has 128 valence electrons. The van der Waals surface area contributed by atoms with Gasteiger partial charge in [-0.1, -0.05) is 28.8 Å². The molecule has 0 aliphatic heterocycles. The highest BCUT2D eigenvalue weighted by Gasteiger charge is 2.49. The van der Waals surface area contributed by atoms with Crippen LogP contribution in [0.4, 0.5) is 0 Å². The molecule has 0 aliphatic rings. The summed E-state index contributed by atoms with van der Waals surface area (Å²) in [7, 11) is 0. The molecule has 0 bridgehead atoms. The Morgan fingerprint density at radius 1 is 0.955 bits per heavy atom. The van der Waals surface area contributed by atoms with Crippen LogP contribution in [0.15, 0.2) is 0 Å². The second kappa shape index (κ2) is 11.5. The predicted molar refractivity (Wildman–Crippen MR) is 86.7 cm³/mol. The molecule has 0 radical (unpaired) electrons. The van der Waals surface area contributed by atoms with Gasteiger partial charge >= 0.3 is 11.9 Å². The molecular weight excluding hydrogens is 354 g/mol. The number of alkyl halides is 1. The lowest BCUT2D eigenvalue weighted by atomic mass is 9.91. The third-order valence-electron chi connectivity index (χ3n) is 3.07. The van der Waals surface area contributed by atoms with Crippen molar-refractivity contribution in [1.29, 1.82) is 0 Å². The summed E-state index contributed by atoms with van der Waals surface area (Å²) in [6.45, 7) is 4.82. The first kappa shape index (κ1) is 20.9. The Labute approximate surface area is 140 Å². The molecule has 0 saturated heterocycles. The molecule has 0 aromatic rings. The average Bonchev–Trinajstić information content (AvgIpc) is 2.45. The molecule has 0 aromatic carbocycles. The average molecular weight is 380 g/mol. The van der Waals surface area contributed by atoms with Gasteiger partial charge in [0.1, 0.15) is 0 Å². The molecule has 6 nitrogen and oxygen atoms in total. The fourth-order valence-electron chi connectivity index (χ4n) is 2.10. The molecule has 0 saturated carbocycles. The molecule has 22 heavy (non-hydrogen) atoms. The second-order valence-electron chi connectivity index (χ2n) is 4.88. The maximum atomic E-state index is 12.3. The normalized spacial score (nSPS) is 10.9. The van der Waals surface area contributed by atoms with E-state index in [1.807, 2.05) is 0 Å². The van der Waals surface area contributed by atoms with Crippen LogP contribution in [0.2, 0.25) is 0 Å². The number of carbonyl (C=O) groups excluding carboxylic acids is 3. The van der Waals surface area contributed by atoms with Gasteiger partial charge in [-0.05, 0) is 33.1 Å². The molecule has 0 aromatic heterocycles. The van der Waals surface area contributed by atoms with Gasteiger partial charge in [0.2, 0.25) is 11.4 Å². The quantitative estimate of drug-likeness (QED) is 0.258. The van der Waals surface area contributed by atoms with E-state index in [4.69, 9.17) is 9.47 Å². The Morgan fingerprint density at radius 2 is 1.45 bits per heavy atom. The van der Waals surface area contributed by atoms with Gasteiger partial charge in [-0.3, -0.25) is 4.79 Å². The van der Waals surface area contributed by atoms with E-state index in [1.54, 1.807) is 13.8 Å². The van der Waals surface area contributed by atoms with E-state index >= 15 is 0 Å². The first-order valence-electron chi connectivity index (χ1n) is 7.63. The van der Waals surface area contributed by atoms with Crippen LogP contribution in [0, 0.1) is 0 Å². The van der Waals surface area contributed by atoms with Crippen molar-refractivity contribution >= 4 is 33.8 Å². The molecule has 0 atom stereocenters. The number of carbonyl (C=O) groups is 3. The van der Waals surface area contributed by atoms with E-state index in [-0.39, 0.29) is 19.6 Å². The van der Waals surface area contributed by atoms with E-state index in [0.29, 0.717) is 6.42 Å². The van der Waals surface area contributed by atoms with Gasteiger partial charge < -0.3 is 14.8 Å². The van der Waals surface area contributed by atoms with Crippen molar-refractivity contribution in [3.8, 4) is 0 Å². The largest absolute Gasteiger partial charge is 0.464 e. The highest BCUT2D eigenvalue weighted by Crippen LogP contribution is 2.21. The van der Waals surface area contributed by atoms with Crippen molar-refractivity contribution < 1.29 is 23.9 Å². The zero-order valence-corrected chi connectivity index (χ0v) is 15.2. The second-order valence-corrected chi connectivity index (χ2v) is 5.67. The summed E-state index contributed by atoms with van der Waals surface area (Å²) in [5.41, 5.74) is -1.74. The summed E-state index contributed by atoms with van der Waals surface area (Å²) in [4.78, 5) is 36.1. The van der Waals surface area contributed by atoms with Crippen molar-refractivity contribution in [1.82, 2.24) is 5.32 Å². The minimum absolute atomic E-state index is 0.128. The summed E-state index contributed by atoms with van der Waals surface area (Å²) in [5, 5.41) is 3.37. The Kier molecular flexibility index (Phi) is 10.9. The topological polar surface area (TPSA) is 81.7 Å². The fraction of sp³-hybridized carbons (Fsp3) is 0.800. The Bertz CT molecular complexity index is 355. The van der Waals surface area contributed by atoms with Crippen molar-refractivity contribution in [2.75, 3.05) is 18.5 Å². The number of unbranched alkanes of at least 4 members (excludes halogenated alkanes) is 3. The van der Waals surface area contributed by atoms with Gasteiger partial charge in [0.25, 0.3) is 0 Å². The third-order valence-corrected chi connectivity index (χ3v) is 3.63. The number of esters is 2. The van der Waals surface area contributed by atoms with Crippen LogP contribution in [-0.4, -0.2) is 41.9 Å². The van der Waals surface area contributed by atoms with Crippen molar-refractivity contribution in [3.63, 3.8) is 0 Å². The van der Waals surface area contributed by atoms with Gasteiger partial charge in [-0.2, -0.15) is 0 Å². The van der Waals surface area contributed by atoms with Gasteiger partial charge in [-0.15, -0.1) is 0 Å². The van der Waals surface area contributed by atoms with E-state index in [0.717, 1.165) is 24.6 Å². The number of hydrogen-bond acceptors (Lipinski definition) is 5. The van der Waals surface area contributed by atoms with Gasteiger partial charge in [0, 0.05) is 12.3 Å². The summed E-state index contributed by atoms with van der Waals surface area (Å²) >= 11 is 3.36. The van der Waals surface area contributed by atoms with Crippen LogP contribution >= 0.6 is 15.9 Å². The highest BCUT2D eigenvalue weighted by molar-refractivity contribution is 9.09. The first-order valence-corrected chi connectivity index (χ1v) is 8.75. The van der Waals surface area contributed by atoms with Gasteiger partial charge in [-0.25, -0.2) is 9.59 Å². The molecular formula is C15H26BrNO5. The van der Waals surface area contributed by atoms with Crippen LogP contribution in [0.5, 0.6) is 0 Å². The molecule has 0 heterocycles. The van der Waals surface area contributed by atoms with Crippen LogP contribution < -0.4 is 5.32 Å². The first-order chi connectivity index (χ1) is 10.4. The van der Waals surface area contributed by atoms with Crippen LogP contribution in [-0.2, 0) is 23.9 Å². The summed E-state index contributed by atoms with van der Waals surface area (Å²) < 4.78 is 9.98. The number of halogens is 1. The van der Waals surface area contributed by atoms with Crippen molar-refractivity contribution in [2.24, 2.45) is 0 Å². The molecule has 0 rings (SSSR count). The van der Waals surface area contributed by atoms with Crippen molar-refractivity contribution in [2.45, 2.75) is 58.4 Å². The lowest BCUT2D eigenvalue weighted by molar-refractivity contribution is -0.168. The lowest BCUT2D eigenvalue weighted by Crippen LogP contribution is -2.61. The number of ether oxygens (including phenoxy) is 2. The summed E-state index contributed by atoms with van der Waals surface area (Å²) in [6.07, 6.45) is 3.64.